The van der Waals surface area contributed by atoms with Gasteiger partial charge in [0.15, 0.2) is 5.79 Å². The summed E-state index contributed by atoms with van der Waals surface area (Å²) >= 11 is 0. The van der Waals surface area contributed by atoms with Gasteiger partial charge in [-0.2, -0.15) is 0 Å². The molecule has 0 saturated heterocycles. The Kier molecular flexibility index (Phi) is 10.0. The highest BCUT2D eigenvalue weighted by atomic mass is 16.7. The first-order valence-corrected chi connectivity index (χ1v) is 6.85. The molecule has 0 unspecified atom stereocenters. The summed E-state index contributed by atoms with van der Waals surface area (Å²) in [5.41, 5.74) is 0. The quantitative estimate of drug-likeness (QED) is 0.383. The summed E-state index contributed by atoms with van der Waals surface area (Å²) in [6.45, 7) is 4.38. The van der Waals surface area contributed by atoms with E-state index in [4.69, 9.17) is 9.47 Å². The average Bonchev–Trinajstić information content (AvgIpc) is 2.34. The van der Waals surface area contributed by atoms with Crippen molar-refractivity contribution in [2.45, 2.75) is 77.4 Å². The van der Waals surface area contributed by atoms with Gasteiger partial charge in [-0.15, -0.1) is 0 Å². The third-order valence-electron chi connectivity index (χ3n) is 3.44. The lowest BCUT2D eigenvalue weighted by Gasteiger charge is -2.29. The van der Waals surface area contributed by atoms with Crippen LogP contribution in [0.25, 0.3) is 0 Å². The molecule has 0 aromatic rings. The van der Waals surface area contributed by atoms with Crippen LogP contribution in [0, 0.1) is 0 Å². The van der Waals surface area contributed by atoms with E-state index < -0.39 is 0 Å². The van der Waals surface area contributed by atoms with Gasteiger partial charge >= 0.3 is 0 Å². The molecule has 98 valence electrons. The van der Waals surface area contributed by atoms with Crippen LogP contribution < -0.4 is 0 Å². The van der Waals surface area contributed by atoms with E-state index >= 15 is 0 Å². The van der Waals surface area contributed by atoms with Crippen LogP contribution >= 0.6 is 0 Å². The summed E-state index contributed by atoms with van der Waals surface area (Å²) in [5, 5.41) is 0. The van der Waals surface area contributed by atoms with Crippen molar-refractivity contribution in [2.24, 2.45) is 0 Å². The van der Waals surface area contributed by atoms with Crippen LogP contribution in [0.5, 0.6) is 0 Å². The van der Waals surface area contributed by atoms with Crippen molar-refractivity contribution in [1.29, 1.82) is 0 Å². The Morgan fingerprint density at radius 3 is 1.69 bits per heavy atom. The predicted molar refractivity (Wildman–Crippen MR) is 69.7 cm³/mol. The molecule has 16 heavy (non-hydrogen) atoms. The highest BCUT2D eigenvalue weighted by molar-refractivity contribution is 4.66. The van der Waals surface area contributed by atoms with Gasteiger partial charge in [-0.05, 0) is 12.8 Å². The monoisotopic (exact) mass is 230 g/mol. The summed E-state index contributed by atoms with van der Waals surface area (Å²) in [5.74, 6) is -0.330. The van der Waals surface area contributed by atoms with Gasteiger partial charge in [-0.1, -0.05) is 52.4 Å². The zero-order valence-electron chi connectivity index (χ0n) is 11.7. The first-order chi connectivity index (χ1) is 7.74. The van der Waals surface area contributed by atoms with Gasteiger partial charge in [0.1, 0.15) is 0 Å². The number of rotatable bonds is 11. The smallest absolute Gasteiger partial charge is 0.167 e. The Morgan fingerprint density at radius 1 is 0.750 bits per heavy atom. The molecule has 0 rings (SSSR count). The molecule has 0 N–H and O–H groups in total. The molecule has 0 saturated carbocycles. The largest absolute Gasteiger partial charge is 0.353 e. The number of hydrogen-bond acceptors (Lipinski definition) is 2. The van der Waals surface area contributed by atoms with E-state index in [9.17, 15) is 0 Å². The summed E-state index contributed by atoms with van der Waals surface area (Å²) in [4.78, 5) is 0. The second-order valence-electron chi connectivity index (χ2n) is 4.54. The van der Waals surface area contributed by atoms with E-state index in [0.717, 1.165) is 12.8 Å². The normalized spacial score (nSPS) is 12.0. The molecule has 0 spiro atoms. The van der Waals surface area contributed by atoms with Gasteiger partial charge in [-0.3, -0.25) is 0 Å². The van der Waals surface area contributed by atoms with Crippen molar-refractivity contribution >= 4 is 0 Å². The van der Waals surface area contributed by atoms with Crippen molar-refractivity contribution in [3.05, 3.63) is 0 Å². The summed E-state index contributed by atoms with van der Waals surface area (Å²) in [7, 11) is 3.49. The third-order valence-corrected chi connectivity index (χ3v) is 3.44. The van der Waals surface area contributed by atoms with E-state index in [-0.39, 0.29) is 5.79 Å². The number of unbranched alkanes of at least 4 members (excludes halogenated alkanes) is 6. The summed E-state index contributed by atoms with van der Waals surface area (Å²) in [6, 6.07) is 0. The SMILES string of the molecule is CCCCCCCCCC(CC)(OC)OC. The Bertz CT molecular complexity index is 133. The molecule has 0 heterocycles. The van der Waals surface area contributed by atoms with Crippen molar-refractivity contribution < 1.29 is 9.47 Å². The number of methoxy groups -OCH3 is 2. The molecule has 0 aromatic carbocycles. The fourth-order valence-corrected chi connectivity index (χ4v) is 2.10. The minimum absolute atomic E-state index is 0.330. The van der Waals surface area contributed by atoms with Crippen LogP contribution in [0.4, 0.5) is 0 Å². The highest BCUT2D eigenvalue weighted by Gasteiger charge is 2.25. The van der Waals surface area contributed by atoms with Crippen LogP contribution in [-0.2, 0) is 9.47 Å². The fourth-order valence-electron chi connectivity index (χ4n) is 2.10. The molecule has 2 heteroatoms. The summed E-state index contributed by atoms with van der Waals surface area (Å²) in [6.07, 6.45) is 11.3. The van der Waals surface area contributed by atoms with Crippen molar-refractivity contribution in [1.82, 2.24) is 0 Å². The van der Waals surface area contributed by atoms with E-state index in [1.807, 2.05) is 0 Å². The maximum atomic E-state index is 5.46. The van der Waals surface area contributed by atoms with Crippen LogP contribution in [0.1, 0.15) is 71.6 Å². The molecule has 0 aliphatic carbocycles. The Balaban J connectivity index is 3.48. The van der Waals surface area contributed by atoms with Gasteiger partial charge < -0.3 is 9.47 Å². The van der Waals surface area contributed by atoms with E-state index in [1.165, 1.54) is 44.9 Å². The fraction of sp³-hybridized carbons (Fsp3) is 1.00. The molecule has 0 atom stereocenters. The minimum Gasteiger partial charge on any atom is -0.353 e. The van der Waals surface area contributed by atoms with Gasteiger partial charge in [0.25, 0.3) is 0 Å². The molecule has 0 amide bonds. The molecule has 2 nitrogen and oxygen atoms in total. The molecular weight excluding hydrogens is 200 g/mol. The topological polar surface area (TPSA) is 18.5 Å². The first kappa shape index (κ1) is 15.9. The van der Waals surface area contributed by atoms with Gasteiger partial charge in [0, 0.05) is 20.6 Å². The van der Waals surface area contributed by atoms with Gasteiger partial charge in [0.05, 0.1) is 0 Å². The Labute approximate surface area is 102 Å². The first-order valence-electron chi connectivity index (χ1n) is 6.85. The Morgan fingerprint density at radius 2 is 1.25 bits per heavy atom. The molecule has 0 aliphatic rings. The predicted octanol–water partition coefficient (Wildman–Crippen LogP) is 4.53. The molecule has 0 radical (unpaired) electrons. The van der Waals surface area contributed by atoms with E-state index in [0.29, 0.717) is 0 Å². The number of hydrogen-bond donors (Lipinski definition) is 0. The van der Waals surface area contributed by atoms with E-state index in [1.54, 1.807) is 14.2 Å². The lowest BCUT2D eigenvalue weighted by atomic mass is 10.0. The second kappa shape index (κ2) is 10.1. The Hall–Kier alpha value is -0.0800. The van der Waals surface area contributed by atoms with Crippen molar-refractivity contribution in [2.75, 3.05) is 14.2 Å². The molecule has 0 fully saturated rings. The second-order valence-corrected chi connectivity index (χ2v) is 4.54. The molecule has 0 aromatic heterocycles. The number of ether oxygens (including phenoxy) is 2. The third kappa shape index (κ3) is 6.49. The van der Waals surface area contributed by atoms with Crippen molar-refractivity contribution in [3.8, 4) is 0 Å². The summed E-state index contributed by atoms with van der Waals surface area (Å²) < 4.78 is 10.9. The minimum atomic E-state index is -0.330. The standard InChI is InChI=1S/C14H30O2/c1-5-7-8-9-10-11-12-13-14(6-2,15-3)16-4/h5-13H2,1-4H3. The molecule has 0 aliphatic heterocycles. The van der Waals surface area contributed by atoms with E-state index in [2.05, 4.69) is 13.8 Å². The van der Waals surface area contributed by atoms with Crippen LogP contribution in [0.2, 0.25) is 0 Å². The highest BCUT2D eigenvalue weighted by Crippen LogP contribution is 2.24. The van der Waals surface area contributed by atoms with Crippen molar-refractivity contribution in [3.63, 3.8) is 0 Å². The van der Waals surface area contributed by atoms with Gasteiger partial charge in [-0.25, -0.2) is 0 Å². The molecular formula is C14H30O2. The molecule has 0 bridgehead atoms. The lowest BCUT2D eigenvalue weighted by molar-refractivity contribution is -0.212. The van der Waals surface area contributed by atoms with Crippen LogP contribution in [0.15, 0.2) is 0 Å². The zero-order chi connectivity index (χ0) is 12.3. The zero-order valence-corrected chi connectivity index (χ0v) is 11.7. The van der Waals surface area contributed by atoms with Crippen LogP contribution in [0.3, 0.4) is 0 Å². The van der Waals surface area contributed by atoms with Gasteiger partial charge in [0.2, 0.25) is 0 Å². The van der Waals surface area contributed by atoms with Crippen LogP contribution in [-0.4, -0.2) is 20.0 Å². The maximum Gasteiger partial charge on any atom is 0.167 e. The maximum absolute atomic E-state index is 5.46. The average molecular weight is 230 g/mol. The lowest BCUT2D eigenvalue weighted by Crippen LogP contribution is -2.32.